The molecule has 4 rings (SSSR count). The molecule has 0 aliphatic rings. The van der Waals surface area contributed by atoms with Gasteiger partial charge in [0.25, 0.3) is 5.91 Å². The summed E-state index contributed by atoms with van der Waals surface area (Å²) >= 11 is 0. The lowest BCUT2D eigenvalue weighted by molar-refractivity contribution is 0.0953. The maximum Gasteiger partial charge on any atom is 0.251 e. The van der Waals surface area contributed by atoms with Gasteiger partial charge in [-0.1, -0.05) is 48.0 Å². The van der Waals surface area contributed by atoms with Gasteiger partial charge in [0, 0.05) is 42.6 Å². The van der Waals surface area contributed by atoms with E-state index in [-0.39, 0.29) is 5.91 Å². The normalized spacial score (nSPS) is 10.5. The van der Waals surface area contributed by atoms with Gasteiger partial charge < -0.3 is 15.5 Å². The second-order valence-corrected chi connectivity index (χ2v) is 8.24. The van der Waals surface area contributed by atoms with Crippen LogP contribution in [0.5, 0.6) is 0 Å². The zero-order valence-electron chi connectivity index (χ0n) is 19.5. The van der Waals surface area contributed by atoms with Crippen molar-refractivity contribution in [2.75, 3.05) is 30.4 Å². The number of benzene rings is 3. The molecule has 0 saturated heterocycles. The molecule has 1 amide bonds. The number of carbonyl (C=O) groups is 1. The molecule has 0 fully saturated rings. The Morgan fingerprint density at radius 1 is 0.853 bits per heavy atom. The van der Waals surface area contributed by atoms with Crippen LogP contribution in [0.15, 0.2) is 91.0 Å². The Labute approximate surface area is 200 Å². The fourth-order valence-electron chi connectivity index (χ4n) is 3.56. The van der Waals surface area contributed by atoms with Crippen LogP contribution in [-0.4, -0.2) is 36.2 Å². The van der Waals surface area contributed by atoms with Crippen molar-refractivity contribution in [3.05, 3.63) is 102 Å². The van der Waals surface area contributed by atoms with E-state index in [1.165, 1.54) is 11.3 Å². The van der Waals surface area contributed by atoms with Gasteiger partial charge in [-0.05, 0) is 61.9 Å². The predicted octanol–water partition coefficient (Wildman–Crippen LogP) is 5.45. The van der Waals surface area contributed by atoms with Crippen LogP contribution in [0.1, 0.15) is 22.3 Å². The van der Waals surface area contributed by atoms with E-state index in [0.717, 1.165) is 29.9 Å². The Morgan fingerprint density at radius 3 is 2.26 bits per heavy atom. The number of nitrogens with zero attached hydrogens (tertiary/aromatic N) is 3. The Hall–Kier alpha value is -4.19. The topological polar surface area (TPSA) is 70.2 Å². The van der Waals surface area contributed by atoms with Crippen molar-refractivity contribution in [1.29, 1.82) is 0 Å². The number of amides is 1. The van der Waals surface area contributed by atoms with E-state index >= 15 is 0 Å². The van der Waals surface area contributed by atoms with E-state index in [9.17, 15) is 4.79 Å². The first-order valence-electron chi connectivity index (χ1n) is 11.4. The van der Waals surface area contributed by atoms with E-state index in [1.807, 2.05) is 66.7 Å². The quantitative estimate of drug-likeness (QED) is 0.331. The lowest BCUT2D eigenvalue weighted by atomic mass is 10.1. The molecule has 0 spiro atoms. The van der Waals surface area contributed by atoms with Gasteiger partial charge in [-0.3, -0.25) is 4.79 Å². The third kappa shape index (κ3) is 6.19. The number of aromatic nitrogens is 2. The second kappa shape index (κ2) is 11.1. The number of carbonyl (C=O) groups excluding carboxylic acids is 1. The fourth-order valence-corrected chi connectivity index (χ4v) is 3.56. The van der Waals surface area contributed by atoms with Crippen LogP contribution in [-0.2, 0) is 0 Å². The van der Waals surface area contributed by atoms with Crippen molar-refractivity contribution >= 4 is 23.1 Å². The van der Waals surface area contributed by atoms with Gasteiger partial charge in [0.15, 0.2) is 5.82 Å². The molecule has 3 aromatic carbocycles. The number of para-hydroxylation sites is 1. The average molecular weight is 452 g/mol. The maximum atomic E-state index is 12.5. The summed E-state index contributed by atoms with van der Waals surface area (Å²) in [6.07, 6.45) is 0.869. The molecule has 6 heteroatoms. The molecule has 1 aromatic heterocycles. The smallest absolute Gasteiger partial charge is 0.251 e. The summed E-state index contributed by atoms with van der Waals surface area (Å²) in [4.78, 5) is 14.6. The highest BCUT2D eigenvalue weighted by Crippen LogP contribution is 2.20. The minimum absolute atomic E-state index is 0.0730. The van der Waals surface area contributed by atoms with Crippen LogP contribution in [0.25, 0.3) is 11.3 Å². The van der Waals surface area contributed by atoms with Crippen LogP contribution >= 0.6 is 0 Å². The highest BCUT2D eigenvalue weighted by atomic mass is 16.1. The molecule has 4 aromatic rings. The van der Waals surface area contributed by atoms with E-state index in [1.54, 1.807) is 0 Å². The first-order valence-corrected chi connectivity index (χ1v) is 11.4. The number of hydrogen-bond acceptors (Lipinski definition) is 5. The molecule has 6 nitrogen and oxygen atoms in total. The molecule has 0 aliphatic heterocycles. The zero-order valence-corrected chi connectivity index (χ0v) is 19.5. The SMILES string of the molecule is Cc1ccc(-c2ccc(Nc3ccc(C(=O)NCCCN(C)c4ccccc4)cc3)nn2)cc1. The average Bonchev–Trinajstić information content (AvgIpc) is 2.88. The lowest BCUT2D eigenvalue weighted by Crippen LogP contribution is -2.28. The number of rotatable bonds is 9. The molecule has 2 N–H and O–H groups in total. The number of nitrogens with one attached hydrogen (secondary N) is 2. The maximum absolute atomic E-state index is 12.5. The van der Waals surface area contributed by atoms with Gasteiger partial charge in [0.1, 0.15) is 0 Å². The van der Waals surface area contributed by atoms with Crippen molar-refractivity contribution in [1.82, 2.24) is 15.5 Å². The fraction of sp³-hybridized carbons (Fsp3) is 0.179. The van der Waals surface area contributed by atoms with Gasteiger partial charge in [-0.25, -0.2) is 0 Å². The zero-order chi connectivity index (χ0) is 23.8. The van der Waals surface area contributed by atoms with Gasteiger partial charge in [-0.2, -0.15) is 0 Å². The first-order chi connectivity index (χ1) is 16.6. The molecule has 0 atom stereocenters. The highest BCUT2D eigenvalue weighted by molar-refractivity contribution is 5.94. The monoisotopic (exact) mass is 451 g/mol. The molecule has 34 heavy (non-hydrogen) atoms. The Kier molecular flexibility index (Phi) is 7.50. The Bertz CT molecular complexity index is 1190. The Balaban J connectivity index is 1.24. The van der Waals surface area contributed by atoms with E-state index in [4.69, 9.17) is 0 Å². The summed E-state index contributed by atoms with van der Waals surface area (Å²) in [6.45, 7) is 3.55. The summed E-state index contributed by atoms with van der Waals surface area (Å²) in [5.41, 5.74) is 5.72. The van der Waals surface area contributed by atoms with Crippen LogP contribution < -0.4 is 15.5 Å². The molecule has 0 bridgehead atoms. The number of hydrogen-bond donors (Lipinski definition) is 2. The molecule has 172 valence electrons. The minimum atomic E-state index is -0.0730. The summed E-state index contributed by atoms with van der Waals surface area (Å²) in [5.74, 6) is 0.576. The van der Waals surface area contributed by atoms with Crippen LogP contribution in [0.3, 0.4) is 0 Å². The third-order valence-electron chi connectivity index (χ3n) is 5.58. The Morgan fingerprint density at radius 2 is 1.59 bits per heavy atom. The molecule has 0 unspecified atom stereocenters. The van der Waals surface area contributed by atoms with Crippen LogP contribution in [0, 0.1) is 6.92 Å². The van der Waals surface area contributed by atoms with Gasteiger partial charge in [-0.15, -0.1) is 10.2 Å². The number of aryl methyl sites for hydroxylation is 1. The minimum Gasteiger partial charge on any atom is -0.375 e. The molecule has 0 saturated carbocycles. The van der Waals surface area contributed by atoms with Crippen molar-refractivity contribution < 1.29 is 4.79 Å². The highest BCUT2D eigenvalue weighted by Gasteiger charge is 2.07. The third-order valence-corrected chi connectivity index (χ3v) is 5.58. The van der Waals surface area contributed by atoms with Crippen LogP contribution in [0.2, 0.25) is 0 Å². The van der Waals surface area contributed by atoms with Crippen molar-refractivity contribution in [3.63, 3.8) is 0 Å². The molecule has 1 heterocycles. The number of anilines is 3. The van der Waals surface area contributed by atoms with Crippen molar-refractivity contribution in [2.45, 2.75) is 13.3 Å². The molecular weight excluding hydrogens is 422 g/mol. The summed E-state index contributed by atoms with van der Waals surface area (Å²) in [7, 11) is 2.06. The van der Waals surface area contributed by atoms with Gasteiger partial charge >= 0.3 is 0 Å². The predicted molar refractivity (Wildman–Crippen MR) is 139 cm³/mol. The van der Waals surface area contributed by atoms with E-state index < -0.39 is 0 Å². The molecule has 0 aliphatic carbocycles. The summed E-state index contributed by atoms with van der Waals surface area (Å²) in [5, 5.41) is 14.8. The van der Waals surface area contributed by atoms with E-state index in [2.05, 4.69) is 64.0 Å². The van der Waals surface area contributed by atoms with Crippen LogP contribution in [0.4, 0.5) is 17.2 Å². The van der Waals surface area contributed by atoms with Crippen molar-refractivity contribution in [3.8, 4) is 11.3 Å². The standard InChI is InChI=1S/C28H29N5O/c1-21-9-11-22(12-10-21)26-17-18-27(32-31-26)30-24-15-13-23(14-16-24)28(34)29-19-6-20-33(2)25-7-4-3-5-8-25/h3-5,7-18H,6,19-20H2,1-2H3,(H,29,34)(H,30,32). The lowest BCUT2D eigenvalue weighted by Gasteiger charge is -2.19. The summed E-state index contributed by atoms with van der Waals surface area (Å²) in [6, 6.07) is 29.6. The van der Waals surface area contributed by atoms with Crippen molar-refractivity contribution in [2.24, 2.45) is 0 Å². The van der Waals surface area contributed by atoms with Gasteiger partial charge in [0.05, 0.1) is 5.69 Å². The molecule has 0 radical (unpaired) electrons. The van der Waals surface area contributed by atoms with Gasteiger partial charge in [0.2, 0.25) is 0 Å². The summed E-state index contributed by atoms with van der Waals surface area (Å²) < 4.78 is 0. The second-order valence-electron chi connectivity index (χ2n) is 8.24. The largest absolute Gasteiger partial charge is 0.375 e. The molecular formula is C28H29N5O. The first kappa shape index (κ1) is 23.0. The van der Waals surface area contributed by atoms with E-state index in [0.29, 0.717) is 17.9 Å².